The van der Waals surface area contributed by atoms with Crippen LogP contribution in [0.15, 0.2) is 12.1 Å². The van der Waals surface area contributed by atoms with Crippen LogP contribution in [0.2, 0.25) is 0 Å². The van der Waals surface area contributed by atoms with Crippen LogP contribution in [0.1, 0.15) is 30.6 Å². The Hall–Kier alpha value is -0.610. The molecule has 15 heavy (non-hydrogen) atoms. The SMILES string of the molecule is CC1C[C@H](O)c2cc(F)cc(F)c2CS1. The van der Waals surface area contributed by atoms with E-state index in [0.717, 1.165) is 6.07 Å². The average Bonchev–Trinajstić information content (AvgIpc) is 2.27. The second-order valence-corrected chi connectivity index (χ2v) is 5.26. The summed E-state index contributed by atoms with van der Waals surface area (Å²) in [7, 11) is 0. The number of hydrogen-bond donors (Lipinski definition) is 1. The lowest BCUT2D eigenvalue weighted by atomic mass is 10.00. The molecule has 0 saturated carbocycles. The number of benzene rings is 1. The van der Waals surface area contributed by atoms with E-state index in [-0.39, 0.29) is 5.25 Å². The molecular weight excluding hydrogens is 218 g/mol. The molecule has 1 heterocycles. The number of halogens is 2. The average molecular weight is 230 g/mol. The maximum absolute atomic E-state index is 13.4. The van der Waals surface area contributed by atoms with E-state index < -0.39 is 17.7 Å². The number of hydrogen-bond acceptors (Lipinski definition) is 2. The summed E-state index contributed by atoms with van der Waals surface area (Å²) in [4.78, 5) is 0. The summed E-state index contributed by atoms with van der Waals surface area (Å²) in [5.74, 6) is -0.671. The minimum atomic E-state index is -0.754. The molecule has 1 aromatic carbocycles. The van der Waals surface area contributed by atoms with E-state index in [9.17, 15) is 13.9 Å². The van der Waals surface area contributed by atoms with Crippen LogP contribution in [0.3, 0.4) is 0 Å². The van der Waals surface area contributed by atoms with Gasteiger partial charge in [0, 0.05) is 22.6 Å². The molecule has 1 N–H and O–H groups in total. The van der Waals surface area contributed by atoms with Crippen LogP contribution in [0.5, 0.6) is 0 Å². The first-order chi connectivity index (χ1) is 7.08. The summed E-state index contributed by atoms with van der Waals surface area (Å²) in [6, 6.07) is 2.11. The molecule has 2 rings (SSSR count). The van der Waals surface area contributed by atoms with Gasteiger partial charge < -0.3 is 5.11 Å². The normalized spacial score (nSPS) is 25.9. The van der Waals surface area contributed by atoms with Crippen molar-refractivity contribution in [2.24, 2.45) is 0 Å². The van der Waals surface area contributed by atoms with E-state index in [1.54, 1.807) is 11.8 Å². The van der Waals surface area contributed by atoms with E-state index in [1.807, 2.05) is 6.92 Å². The Balaban J connectivity index is 2.48. The van der Waals surface area contributed by atoms with E-state index in [0.29, 0.717) is 23.3 Å². The van der Waals surface area contributed by atoms with Crippen LogP contribution in [0, 0.1) is 11.6 Å². The lowest BCUT2D eigenvalue weighted by Gasteiger charge is -2.12. The van der Waals surface area contributed by atoms with Gasteiger partial charge in [-0.05, 0) is 18.1 Å². The number of aliphatic hydroxyl groups is 1. The Morgan fingerprint density at radius 3 is 2.87 bits per heavy atom. The molecule has 0 spiro atoms. The van der Waals surface area contributed by atoms with Crippen molar-refractivity contribution in [2.75, 3.05) is 0 Å². The predicted molar refractivity (Wildman–Crippen MR) is 56.7 cm³/mol. The third-order valence-electron chi connectivity index (χ3n) is 2.62. The highest BCUT2D eigenvalue weighted by Gasteiger charge is 2.23. The van der Waals surface area contributed by atoms with Gasteiger partial charge in [-0.15, -0.1) is 0 Å². The van der Waals surface area contributed by atoms with Crippen molar-refractivity contribution in [2.45, 2.75) is 30.5 Å². The van der Waals surface area contributed by atoms with E-state index in [2.05, 4.69) is 0 Å². The molecular formula is C11H12F2OS. The third-order valence-corrected chi connectivity index (χ3v) is 3.84. The molecule has 0 fully saturated rings. The van der Waals surface area contributed by atoms with Gasteiger partial charge in [0.15, 0.2) is 0 Å². The highest BCUT2D eigenvalue weighted by atomic mass is 32.2. The van der Waals surface area contributed by atoms with Gasteiger partial charge in [0.25, 0.3) is 0 Å². The van der Waals surface area contributed by atoms with Gasteiger partial charge in [-0.1, -0.05) is 6.92 Å². The molecule has 1 aromatic rings. The molecule has 0 saturated heterocycles. The second-order valence-electron chi connectivity index (χ2n) is 3.83. The van der Waals surface area contributed by atoms with Crippen molar-refractivity contribution in [1.29, 1.82) is 0 Å². The predicted octanol–water partition coefficient (Wildman–Crippen LogP) is 3.02. The first kappa shape index (κ1) is 10.9. The van der Waals surface area contributed by atoms with Gasteiger partial charge in [-0.3, -0.25) is 0 Å². The number of rotatable bonds is 0. The maximum Gasteiger partial charge on any atom is 0.130 e. The largest absolute Gasteiger partial charge is 0.388 e. The van der Waals surface area contributed by atoms with Crippen molar-refractivity contribution in [3.8, 4) is 0 Å². The smallest absolute Gasteiger partial charge is 0.130 e. The van der Waals surface area contributed by atoms with E-state index >= 15 is 0 Å². The molecule has 0 aromatic heterocycles. The maximum atomic E-state index is 13.4. The van der Waals surface area contributed by atoms with Crippen molar-refractivity contribution in [3.63, 3.8) is 0 Å². The summed E-state index contributed by atoms with van der Waals surface area (Å²) in [6.45, 7) is 1.98. The van der Waals surface area contributed by atoms with Crippen LogP contribution >= 0.6 is 11.8 Å². The zero-order valence-electron chi connectivity index (χ0n) is 8.34. The molecule has 82 valence electrons. The molecule has 0 bridgehead atoms. The summed E-state index contributed by atoms with van der Waals surface area (Å²) < 4.78 is 26.4. The topological polar surface area (TPSA) is 20.2 Å². The van der Waals surface area contributed by atoms with Crippen LogP contribution in [0.25, 0.3) is 0 Å². The Kier molecular flexibility index (Phi) is 2.98. The molecule has 1 nitrogen and oxygen atoms in total. The van der Waals surface area contributed by atoms with Gasteiger partial charge >= 0.3 is 0 Å². The first-order valence-electron chi connectivity index (χ1n) is 4.85. The summed E-state index contributed by atoms with van der Waals surface area (Å²) in [6.07, 6.45) is -0.212. The Morgan fingerprint density at radius 1 is 1.40 bits per heavy atom. The number of fused-ring (bicyclic) bond motifs is 1. The van der Waals surface area contributed by atoms with Crippen molar-refractivity contribution >= 4 is 11.8 Å². The third kappa shape index (κ3) is 2.16. The Labute approximate surface area is 91.5 Å². The summed E-state index contributed by atoms with van der Waals surface area (Å²) in [5, 5.41) is 10.1. The first-order valence-corrected chi connectivity index (χ1v) is 5.90. The molecule has 1 aliphatic rings. The standard InChI is InChI=1S/C11H12F2OS/c1-6-2-11(14)8-3-7(12)4-10(13)9(8)5-15-6/h3-4,6,11,14H,2,5H2,1H3/t6?,11-/m0/s1. The van der Waals surface area contributed by atoms with E-state index in [4.69, 9.17) is 0 Å². The lowest BCUT2D eigenvalue weighted by Crippen LogP contribution is -2.05. The van der Waals surface area contributed by atoms with Crippen LogP contribution in [-0.4, -0.2) is 10.4 Å². The fourth-order valence-corrected chi connectivity index (χ4v) is 2.88. The van der Waals surface area contributed by atoms with Crippen LogP contribution < -0.4 is 0 Å². The molecule has 0 amide bonds. The second kappa shape index (κ2) is 4.10. The minimum absolute atomic E-state index is 0.259. The monoisotopic (exact) mass is 230 g/mol. The Morgan fingerprint density at radius 2 is 2.13 bits per heavy atom. The highest BCUT2D eigenvalue weighted by molar-refractivity contribution is 7.99. The number of thioether (sulfide) groups is 1. The Bertz CT molecular complexity index is 381. The fourth-order valence-electron chi connectivity index (χ4n) is 1.81. The zero-order chi connectivity index (χ0) is 11.0. The summed E-state index contributed by atoms with van der Waals surface area (Å²) >= 11 is 1.58. The van der Waals surface area contributed by atoms with Crippen LogP contribution in [0.4, 0.5) is 8.78 Å². The van der Waals surface area contributed by atoms with E-state index in [1.165, 1.54) is 6.07 Å². The van der Waals surface area contributed by atoms with Crippen molar-refractivity contribution < 1.29 is 13.9 Å². The molecule has 1 aliphatic heterocycles. The van der Waals surface area contributed by atoms with Gasteiger partial charge in [-0.25, -0.2) is 8.78 Å². The summed E-state index contributed by atoms with van der Waals surface area (Å²) in [5.41, 5.74) is 0.850. The molecule has 4 heteroatoms. The molecule has 2 atom stereocenters. The zero-order valence-corrected chi connectivity index (χ0v) is 9.15. The minimum Gasteiger partial charge on any atom is -0.388 e. The van der Waals surface area contributed by atoms with Gasteiger partial charge in [0.05, 0.1) is 6.10 Å². The number of aliphatic hydroxyl groups excluding tert-OH is 1. The molecule has 0 radical (unpaired) electrons. The van der Waals surface area contributed by atoms with Crippen molar-refractivity contribution in [3.05, 3.63) is 34.9 Å². The quantitative estimate of drug-likeness (QED) is 0.739. The van der Waals surface area contributed by atoms with Crippen molar-refractivity contribution in [1.82, 2.24) is 0 Å². The highest BCUT2D eigenvalue weighted by Crippen LogP contribution is 2.36. The van der Waals surface area contributed by atoms with Crippen LogP contribution in [-0.2, 0) is 5.75 Å². The molecule has 1 unspecified atom stereocenters. The van der Waals surface area contributed by atoms with Gasteiger partial charge in [0.2, 0.25) is 0 Å². The van der Waals surface area contributed by atoms with Gasteiger partial charge in [-0.2, -0.15) is 11.8 Å². The fraction of sp³-hybridized carbons (Fsp3) is 0.455. The lowest BCUT2D eigenvalue weighted by molar-refractivity contribution is 0.167. The van der Waals surface area contributed by atoms with Gasteiger partial charge in [0.1, 0.15) is 11.6 Å². The molecule has 0 aliphatic carbocycles.